The van der Waals surface area contributed by atoms with Crippen molar-refractivity contribution >= 4 is 17.7 Å². The van der Waals surface area contributed by atoms with Gasteiger partial charge < -0.3 is 24.4 Å². The minimum Gasteiger partial charge on any atom is -0.481 e. The second-order valence-electron chi connectivity index (χ2n) is 9.41. The molecule has 2 aromatic heterocycles. The van der Waals surface area contributed by atoms with Crippen LogP contribution in [0.15, 0.2) is 34.9 Å². The van der Waals surface area contributed by atoms with E-state index in [2.05, 4.69) is 20.4 Å². The molecule has 3 heterocycles. The van der Waals surface area contributed by atoms with Crippen molar-refractivity contribution in [1.82, 2.24) is 15.1 Å². The Bertz CT molecular complexity index is 1380. The fraction of sp³-hybridized carbons (Fsp3) is 0.462. The molecule has 1 aromatic carbocycles. The number of aliphatic hydroxyl groups excluding tert-OH is 1. The summed E-state index contributed by atoms with van der Waals surface area (Å²) in [6, 6.07) is 3.39. The van der Waals surface area contributed by atoms with Crippen molar-refractivity contribution in [1.29, 1.82) is 0 Å². The molecule has 0 bridgehead atoms. The third kappa shape index (κ3) is 6.69. The van der Waals surface area contributed by atoms with Crippen LogP contribution in [-0.2, 0) is 23.5 Å². The summed E-state index contributed by atoms with van der Waals surface area (Å²) < 4.78 is 94.8. The number of anilines is 2. The molecule has 4 rings (SSSR count). The first-order chi connectivity index (χ1) is 19.7. The maximum atomic E-state index is 13.2. The van der Waals surface area contributed by atoms with Gasteiger partial charge in [-0.3, -0.25) is 4.90 Å². The molecule has 1 aliphatic heterocycles. The molecule has 16 heteroatoms. The molecular weight excluding hydrogens is 576 g/mol. The summed E-state index contributed by atoms with van der Waals surface area (Å²) in [6.45, 7) is 3.74. The van der Waals surface area contributed by atoms with E-state index in [1.807, 2.05) is 6.92 Å². The summed E-state index contributed by atoms with van der Waals surface area (Å²) in [5, 5.41) is 17.3. The van der Waals surface area contributed by atoms with Gasteiger partial charge in [0, 0.05) is 18.5 Å². The first-order valence-corrected chi connectivity index (χ1v) is 12.8. The summed E-state index contributed by atoms with van der Waals surface area (Å²) in [5.41, 5.74) is -2.58. The number of halogens is 6. The average Bonchev–Trinajstić information content (AvgIpc) is 3.40. The monoisotopic (exact) mass is 603 g/mol. The van der Waals surface area contributed by atoms with Crippen molar-refractivity contribution in [2.75, 3.05) is 23.9 Å². The Hall–Kier alpha value is -4.08. The molecule has 0 saturated heterocycles. The van der Waals surface area contributed by atoms with E-state index in [-0.39, 0.29) is 30.5 Å². The number of benzene rings is 1. The van der Waals surface area contributed by atoms with E-state index in [0.717, 1.165) is 0 Å². The zero-order valence-corrected chi connectivity index (χ0v) is 22.6. The molecule has 3 aromatic rings. The third-order valence-electron chi connectivity index (χ3n) is 6.59. The number of hydrogen-bond acceptors (Lipinski definition) is 9. The van der Waals surface area contributed by atoms with Crippen LogP contribution in [-0.4, -0.2) is 46.1 Å². The van der Waals surface area contributed by atoms with Gasteiger partial charge in [0.1, 0.15) is 6.10 Å². The Morgan fingerprint density at radius 3 is 2.36 bits per heavy atom. The second kappa shape index (κ2) is 12.0. The molecule has 0 aliphatic carbocycles. The van der Waals surface area contributed by atoms with Crippen molar-refractivity contribution in [3.05, 3.63) is 58.6 Å². The number of rotatable bonds is 8. The smallest absolute Gasteiger partial charge is 0.416 e. The predicted octanol–water partition coefficient (Wildman–Crippen LogP) is 6.09. The van der Waals surface area contributed by atoms with Crippen molar-refractivity contribution in [2.45, 2.75) is 63.7 Å². The Labute approximate surface area is 235 Å². The van der Waals surface area contributed by atoms with Crippen LogP contribution in [0.2, 0.25) is 0 Å². The van der Waals surface area contributed by atoms with Gasteiger partial charge in [0.25, 0.3) is 11.8 Å². The summed E-state index contributed by atoms with van der Waals surface area (Å²) in [6.07, 6.45) is -12.1. The van der Waals surface area contributed by atoms with Gasteiger partial charge in [-0.25, -0.2) is 9.78 Å². The van der Waals surface area contributed by atoms with E-state index in [9.17, 15) is 36.2 Å². The number of pyridine rings is 1. The lowest BCUT2D eigenvalue weighted by atomic mass is 9.93. The standard InChI is InChI=1S/C26H27F6N5O5/c1-4-16-12-17(21-18(6-7-20(34-21)40-3)37(16)24(39)41-5-2)33-23-35-22(42-36-23)19(38)10-13-8-14(25(27,28)29)11-15(9-13)26(30,31)32/h6-9,11,16-17,19,38H,4-5,10,12H2,1-3H3,(H,33,36)/t16-,17+,19?/m1/s1. The molecule has 0 fully saturated rings. The molecule has 2 N–H and O–H groups in total. The molecular formula is C26H27F6N5O5. The van der Waals surface area contributed by atoms with E-state index in [1.54, 1.807) is 19.1 Å². The number of methoxy groups -OCH3 is 1. The molecule has 42 heavy (non-hydrogen) atoms. The minimum absolute atomic E-state index is 0.00226. The van der Waals surface area contributed by atoms with Crippen LogP contribution in [0, 0.1) is 0 Å². The van der Waals surface area contributed by atoms with Gasteiger partial charge in [0.05, 0.1) is 42.3 Å². The van der Waals surface area contributed by atoms with E-state index < -0.39 is 59.6 Å². The Kier molecular flexibility index (Phi) is 8.84. The molecule has 0 spiro atoms. The van der Waals surface area contributed by atoms with Crippen LogP contribution in [0.5, 0.6) is 5.88 Å². The normalized spacial score (nSPS) is 17.9. The number of alkyl halides is 6. The number of fused-ring (bicyclic) bond motifs is 1. The van der Waals surface area contributed by atoms with Gasteiger partial charge in [-0.05, 0) is 54.8 Å². The SMILES string of the molecule is CCOC(=O)N1c2ccc(OC)nc2[C@@H](Nc2noc(C(O)Cc3cc(C(F)(F)F)cc(C(F)(F)F)c3)n2)C[C@H]1CC. The number of carbonyl (C=O) groups is 1. The van der Waals surface area contributed by atoms with E-state index >= 15 is 0 Å². The lowest BCUT2D eigenvalue weighted by Crippen LogP contribution is -2.46. The van der Waals surface area contributed by atoms with Gasteiger partial charge in [0.2, 0.25) is 5.88 Å². The number of ether oxygens (including phenoxy) is 2. The second-order valence-corrected chi connectivity index (χ2v) is 9.41. The Morgan fingerprint density at radius 2 is 1.79 bits per heavy atom. The van der Waals surface area contributed by atoms with Gasteiger partial charge >= 0.3 is 18.4 Å². The van der Waals surface area contributed by atoms with Gasteiger partial charge in [-0.1, -0.05) is 6.92 Å². The number of nitrogens with zero attached hydrogens (tertiary/aromatic N) is 4. The number of aliphatic hydroxyl groups is 1. The van der Waals surface area contributed by atoms with E-state index in [1.165, 1.54) is 12.0 Å². The maximum Gasteiger partial charge on any atom is 0.416 e. The minimum atomic E-state index is -5.03. The molecule has 1 unspecified atom stereocenters. The quantitative estimate of drug-likeness (QED) is 0.295. The lowest BCUT2D eigenvalue weighted by molar-refractivity contribution is -0.143. The number of nitrogens with one attached hydrogen (secondary N) is 1. The van der Waals surface area contributed by atoms with Crippen LogP contribution in [0.25, 0.3) is 0 Å². The number of aromatic nitrogens is 3. The van der Waals surface area contributed by atoms with Crippen LogP contribution < -0.4 is 15.0 Å². The highest BCUT2D eigenvalue weighted by Gasteiger charge is 2.39. The summed E-state index contributed by atoms with van der Waals surface area (Å²) in [5.74, 6) is -0.287. The Balaban J connectivity index is 1.58. The van der Waals surface area contributed by atoms with Crippen molar-refractivity contribution in [3.8, 4) is 5.88 Å². The largest absolute Gasteiger partial charge is 0.481 e. The highest BCUT2D eigenvalue weighted by molar-refractivity contribution is 5.90. The molecule has 0 radical (unpaired) electrons. The van der Waals surface area contributed by atoms with E-state index in [0.29, 0.717) is 36.4 Å². The third-order valence-corrected chi connectivity index (χ3v) is 6.59. The molecule has 0 saturated carbocycles. The summed E-state index contributed by atoms with van der Waals surface area (Å²) in [4.78, 5) is 22.8. The van der Waals surface area contributed by atoms with Crippen LogP contribution in [0.1, 0.15) is 67.1 Å². The van der Waals surface area contributed by atoms with Crippen LogP contribution >= 0.6 is 0 Å². The molecule has 228 valence electrons. The highest BCUT2D eigenvalue weighted by Crippen LogP contribution is 2.41. The van der Waals surface area contributed by atoms with Crippen molar-refractivity contribution in [3.63, 3.8) is 0 Å². The van der Waals surface area contributed by atoms with Crippen LogP contribution in [0.4, 0.5) is 42.8 Å². The van der Waals surface area contributed by atoms with E-state index in [4.69, 9.17) is 14.0 Å². The number of carbonyl (C=O) groups excluding carboxylic acids is 1. The first kappa shape index (κ1) is 30.9. The molecule has 1 amide bonds. The fourth-order valence-corrected chi connectivity index (χ4v) is 4.66. The fourth-order valence-electron chi connectivity index (χ4n) is 4.66. The number of amides is 1. The molecule has 1 aliphatic rings. The highest BCUT2D eigenvalue weighted by atomic mass is 19.4. The molecule has 3 atom stereocenters. The van der Waals surface area contributed by atoms with Gasteiger partial charge in [-0.15, -0.1) is 0 Å². The zero-order chi connectivity index (χ0) is 30.8. The Morgan fingerprint density at radius 1 is 1.12 bits per heavy atom. The maximum absolute atomic E-state index is 13.2. The number of hydrogen-bond donors (Lipinski definition) is 2. The van der Waals surface area contributed by atoms with Crippen molar-refractivity contribution in [2.24, 2.45) is 0 Å². The first-order valence-electron chi connectivity index (χ1n) is 12.8. The van der Waals surface area contributed by atoms with Crippen LogP contribution in [0.3, 0.4) is 0 Å². The summed E-state index contributed by atoms with van der Waals surface area (Å²) in [7, 11) is 1.42. The van der Waals surface area contributed by atoms with Gasteiger partial charge in [-0.2, -0.15) is 31.3 Å². The van der Waals surface area contributed by atoms with Gasteiger partial charge in [0.15, 0.2) is 0 Å². The molecule has 10 nitrogen and oxygen atoms in total. The van der Waals surface area contributed by atoms with Crippen molar-refractivity contribution < 1.29 is 50.2 Å². The summed E-state index contributed by atoms with van der Waals surface area (Å²) >= 11 is 0. The topological polar surface area (TPSA) is 123 Å². The predicted molar refractivity (Wildman–Crippen MR) is 135 cm³/mol. The lowest BCUT2D eigenvalue weighted by Gasteiger charge is -2.39. The average molecular weight is 604 g/mol. The zero-order valence-electron chi connectivity index (χ0n) is 22.6.